The minimum absolute atomic E-state index is 0.583. The maximum absolute atomic E-state index is 3.27. The van der Waals surface area contributed by atoms with Gasteiger partial charge < -0.3 is 5.43 Å². The second kappa shape index (κ2) is 3.15. The molecule has 1 atom stereocenters. The van der Waals surface area contributed by atoms with Gasteiger partial charge in [-0.3, -0.25) is 0 Å². The molecule has 2 nitrogen and oxygen atoms in total. The van der Waals surface area contributed by atoms with Crippen molar-refractivity contribution in [1.29, 1.82) is 0 Å². The predicted molar refractivity (Wildman–Crippen MR) is 51.0 cm³/mol. The normalized spacial score (nSPS) is 21.2. The third-order valence-electron chi connectivity index (χ3n) is 2.39. The van der Waals surface area contributed by atoms with Gasteiger partial charge in [0, 0.05) is 6.04 Å². The zero-order valence-corrected chi connectivity index (χ0v) is 7.30. The van der Waals surface area contributed by atoms with Crippen molar-refractivity contribution in [2.45, 2.75) is 25.8 Å². The quantitative estimate of drug-likeness (QED) is 0.659. The number of benzene rings is 1. The Morgan fingerprint density at radius 3 is 3.08 bits per heavy atom. The number of hydrogen-bond donors (Lipinski definition) is 2. The van der Waals surface area contributed by atoms with Crippen molar-refractivity contribution in [1.82, 2.24) is 5.43 Å². The highest BCUT2D eigenvalue weighted by Gasteiger charge is 2.14. The minimum Gasteiger partial charge on any atom is -0.321 e. The van der Waals surface area contributed by atoms with Gasteiger partial charge in [0.05, 0.1) is 5.69 Å². The molecule has 64 valence electrons. The Morgan fingerprint density at radius 1 is 1.42 bits per heavy atom. The molecule has 0 spiro atoms. The summed E-state index contributed by atoms with van der Waals surface area (Å²) in [5, 5.41) is 0. The van der Waals surface area contributed by atoms with Gasteiger partial charge in [0.1, 0.15) is 0 Å². The van der Waals surface area contributed by atoms with Crippen LogP contribution < -0.4 is 10.9 Å². The first-order valence-corrected chi connectivity index (χ1v) is 4.49. The Hall–Kier alpha value is -1.02. The molecule has 0 bridgehead atoms. The zero-order valence-electron chi connectivity index (χ0n) is 7.30. The van der Waals surface area contributed by atoms with Crippen molar-refractivity contribution in [3.8, 4) is 0 Å². The number of fused-ring (bicyclic) bond motifs is 1. The maximum atomic E-state index is 3.27. The minimum atomic E-state index is 0.583. The smallest absolute Gasteiger partial charge is 0.0520 e. The van der Waals surface area contributed by atoms with Crippen molar-refractivity contribution < 1.29 is 0 Å². The van der Waals surface area contributed by atoms with E-state index in [2.05, 4.69) is 42.0 Å². The predicted octanol–water partition coefficient (Wildman–Crippen LogP) is 1.94. The van der Waals surface area contributed by atoms with E-state index in [0.717, 1.165) is 6.42 Å². The molecule has 1 unspecified atom stereocenters. The van der Waals surface area contributed by atoms with Crippen molar-refractivity contribution in [3.05, 3.63) is 29.8 Å². The van der Waals surface area contributed by atoms with E-state index >= 15 is 0 Å². The summed E-state index contributed by atoms with van der Waals surface area (Å²) < 4.78 is 0. The summed E-state index contributed by atoms with van der Waals surface area (Å²) in [4.78, 5) is 0. The monoisotopic (exact) mass is 162 g/mol. The summed E-state index contributed by atoms with van der Waals surface area (Å²) in [6.45, 7) is 2.20. The van der Waals surface area contributed by atoms with Gasteiger partial charge in [-0.1, -0.05) is 25.1 Å². The fraction of sp³-hybridized carbons (Fsp3) is 0.400. The van der Waals surface area contributed by atoms with Gasteiger partial charge in [-0.2, -0.15) is 0 Å². The van der Waals surface area contributed by atoms with Crippen LogP contribution in [0.25, 0.3) is 0 Å². The van der Waals surface area contributed by atoms with Gasteiger partial charge in [0.2, 0.25) is 0 Å². The first kappa shape index (κ1) is 7.62. The molecule has 2 N–H and O–H groups in total. The van der Waals surface area contributed by atoms with Crippen molar-refractivity contribution in [3.63, 3.8) is 0 Å². The van der Waals surface area contributed by atoms with Crippen LogP contribution in [0.1, 0.15) is 18.9 Å². The van der Waals surface area contributed by atoms with E-state index in [1.165, 1.54) is 17.7 Å². The molecule has 0 fully saturated rings. The summed E-state index contributed by atoms with van der Waals surface area (Å²) in [7, 11) is 0. The molecule has 0 radical (unpaired) electrons. The first-order valence-electron chi connectivity index (χ1n) is 4.49. The largest absolute Gasteiger partial charge is 0.321 e. The van der Waals surface area contributed by atoms with E-state index in [-0.39, 0.29) is 0 Å². The van der Waals surface area contributed by atoms with Crippen LogP contribution in [0.15, 0.2) is 24.3 Å². The molecular formula is C10H14N2. The molecule has 2 heteroatoms. The zero-order chi connectivity index (χ0) is 8.39. The molecule has 0 amide bonds. The average molecular weight is 162 g/mol. The highest BCUT2D eigenvalue weighted by atomic mass is 15.4. The van der Waals surface area contributed by atoms with Crippen LogP contribution in [0.5, 0.6) is 0 Å². The number of para-hydroxylation sites is 1. The Kier molecular flexibility index (Phi) is 2.00. The molecule has 12 heavy (non-hydrogen) atoms. The number of hydrogen-bond acceptors (Lipinski definition) is 2. The molecule has 1 heterocycles. The highest BCUT2D eigenvalue weighted by Crippen LogP contribution is 2.20. The molecule has 0 saturated heterocycles. The molecule has 0 aliphatic carbocycles. The van der Waals surface area contributed by atoms with E-state index in [1.807, 2.05) is 0 Å². The summed E-state index contributed by atoms with van der Waals surface area (Å²) in [5.74, 6) is 0. The lowest BCUT2D eigenvalue weighted by Crippen LogP contribution is -2.39. The third-order valence-corrected chi connectivity index (χ3v) is 2.39. The molecule has 1 aromatic rings. The number of anilines is 1. The fourth-order valence-electron chi connectivity index (χ4n) is 1.56. The van der Waals surface area contributed by atoms with Crippen molar-refractivity contribution in [2.24, 2.45) is 0 Å². The standard InChI is InChI=1S/C10H14N2/c1-2-9-7-8-5-3-4-6-10(8)12-11-9/h3-6,9,11-12H,2,7H2,1H3. The Labute approximate surface area is 73.0 Å². The summed E-state index contributed by atoms with van der Waals surface area (Å²) in [6.07, 6.45) is 2.31. The number of hydrazine groups is 1. The van der Waals surface area contributed by atoms with Crippen LogP contribution in [0.3, 0.4) is 0 Å². The first-order chi connectivity index (χ1) is 5.90. The molecular weight excluding hydrogens is 148 g/mol. The van der Waals surface area contributed by atoms with Crippen LogP contribution >= 0.6 is 0 Å². The van der Waals surface area contributed by atoms with Gasteiger partial charge in [-0.15, -0.1) is 0 Å². The fourth-order valence-corrected chi connectivity index (χ4v) is 1.56. The molecule has 2 rings (SSSR count). The average Bonchev–Trinajstić information content (AvgIpc) is 2.17. The summed E-state index contributed by atoms with van der Waals surface area (Å²) in [5.41, 5.74) is 9.13. The van der Waals surface area contributed by atoms with Gasteiger partial charge in [-0.25, -0.2) is 5.43 Å². The second-order valence-corrected chi connectivity index (χ2v) is 3.24. The van der Waals surface area contributed by atoms with Crippen LogP contribution in [0.2, 0.25) is 0 Å². The summed E-state index contributed by atoms with van der Waals surface area (Å²) in [6, 6.07) is 9.03. The van der Waals surface area contributed by atoms with E-state index in [1.54, 1.807) is 0 Å². The number of rotatable bonds is 1. The highest BCUT2D eigenvalue weighted by molar-refractivity contribution is 5.52. The Morgan fingerprint density at radius 2 is 2.25 bits per heavy atom. The topological polar surface area (TPSA) is 24.1 Å². The van der Waals surface area contributed by atoms with Crippen molar-refractivity contribution in [2.75, 3.05) is 5.43 Å². The molecule has 1 aliphatic heterocycles. The molecule has 1 aromatic carbocycles. The Bertz CT molecular complexity index is 270. The van der Waals surface area contributed by atoms with E-state index < -0.39 is 0 Å². The van der Waals surface area contributed by atoms with Crippen LogP contribution in [0, 0.1) is 0 Å². The SMILES string of the molecule is CCC1Cc2ccccc2NN1. The summed E-state index contributed by atoms with van der Waals surface area (Å²) >= 11 is 0. The van der Waals surface area contributed by atoms with E-state index in [9.17, 15) is 0 Å². The second-order valence-electron chi connectivity index (χ2n) is 3.24. The van der Waals surface area contributed by atoms with Crippen LogP contribution in [-0.4, -0.2) is 6.04 Å². The van der Waals surface area contributed by atoms with Crippen molar-refractivity contribution >= 4 is 5.69 Å². The molecule has 0 saturated carbocycles. The van der Waals surface area contributed by atoms with Crippen LogP contribution in [0.4, 0.5) is 5.69 Å². The van der Waals surface area contributed by atoms with Crippen LogP contribution in [-0.2, 0) is 6.42 Å². The number of nitrogens with one attached hydrogen (secondary N) is 2. The lowest BCUT2D eigenvalue weighted by molar-refractivity contribution is 0.522. The van der Waals surface area contributed by atoms with E-state index in [4.69, 9.17) is 0 Å². The molecule has 1 aliphatic rings. The lowest BCUT2D eigenvalue weighted by Gasteiger charge is -2.26. The van der Waals surface area contributed by atoms with E-state index in [0.29, 0.717) is 6.04 Å². The maximum Gasteiger partial charge on any atom is 0.0520 e. The van der Waals surface area contributed by atoms with Gasteiger partial charge in [-0.05, 0) is 24.5 Å². The van der Waals surface area contributed by atoms with Gasteiger partial charge in [0.25, 0.3) is 0 Å². The van der Waals surface area contributed by atoms with Gasteiger partial charge in [0.15, 0.2) is 0 Å². The van der Waals surface area contributed by atoms with Gasteiger partial charge >= 0.3 is 0 Å². The third kappa shape index (κ3) is 1.30. The Balaban J connectivity index is 2.23. The lowest BCUT2D eigenvalue weighted by atomic mass is 10.0. The molecule has 0 aromatic heterocycles.